The molecule has 25 heavy (non-hydrogen) atoms. The standard InChI is InChI=1S/C19H19N6/c1-24-14-8-6-12-17(24)20-22-19(16-10-4-3-5-11-16)23-21-18-13-7-9-15-25(18)2/h3-15H,1-2H3/q+1. The lowest BCUT2D eigenvalue weighted by Gasteiger charge is -1.97. The molecule has 3 aromatic rings. The fourth-order valence-corrected chi connectivity index (χ4v) is 2.16. The molecule has 0 aliphatic carbocycles. The average molecular weight is 331 g/mol. The number of azo groups is 1. The van der Waals surface area contributed by atoms with Crippen LogP contribution in [0.25, 0.3) is 0 Å². The van der Waals surface area contributed by atoms with Crippen molar-refractivity contribution >= 4 is 11.7 Å². The van der Waals surface area contributed by atoms with Crippen molar-refractivity contribution in [3.05, 3.63) is 90.2 Å². The third-order valence-electron chi connectivity index (χ3n) is 3.58. The Morgan fingerprint density at radius 1 is 0.920 bits per heavy atom. The van der Waals surface area contributed by atoms with Crippen molar-refractivity contribution in [2.45, 2.75) is 0 Å². The first-order valence-corrected chi connectivity index (χ1v) is 7.89. The number of aromatic nitrogens is 2. The first-order valence-electron chi connectivity index (χ1n) is 7.89. The largest absolute Gasteiger partial charge is 0.350 e. The first-order chi connectivity index (χ1) is 12.2. The number of benzene rings is 1. The number of hydrogen-bond donors (Lipinski definition) is 0. The van der Waals surface area contributed by atoms with Gasteiger partial charge in [-0.2, -0.15) is 0 Å². The molecule has 0 atom stereocenters. The number of amidine groups is 1. The third kappa shape index (κ3) is 4.32. The summed E-state index contributed by atoms with van der Waals surface area (Å²) in [6, 6.07) is 21.2. The van der Waals surface area contributed by atoms with Crippen LogP contribution in [0, 0.1) is 0 Å². The third-order valence-corrected chi connectivity index (χ3v) is 3.58. The van der Waals surface area contributed by atoms with Crippen LogP contribution in [0.2, 0.25) is 0 Å². The molecule has 0 unspecified atom stereocenters. The molecule has 0 amide bonds. The maximum Gasteiger partial charge on any atom is 0.350 e. The van der Waals surface area contributed by atoms with E-state index in [1.54, 1.807) is 0 Å². The maximum atomic E-state index is 4.32. The molecule has 2 aromatic heterocycles. The van der Waals surface area contributed by atoms with Crippen molar-refractivity contribution in [1.82, 2.24) is 4.57 Å². The molecule has 0 fully saturated rings. The lowest BCUT2D eigenvalue weighted by Crippen LogP contribution is -2.26. The molecular formula is C19H19N6+. The van der Waals surface area contributed by atoms with Gasteiger partial charge in [0.05, 0.1) is 18.4 Å². The van der Waals surface area contributed by atoms with Crippen molar-refractivity contribution in [3.8, 4) is 0 Å². The highest BCUT2D eigenvalue weighted by Crippen LogP contribution is 2.08. The van der Waals surface area contributed by atoms with Crippen molar-refractivity contribution in [1.29, 1.82) is 0 Å². The van der Waals surface area contributed by atoms with Gasteiger partial charge < -0.3 is 4.57 Å². The Labute approximate surface area is 146 Å². The fourth-order valence-electron chi connectivity index (χ4n) is 2.16. The van der Waals surface area contributed by atoms with Gasteiger partial charge in [-0.25, -0.2) is 4.57 Å². The summed E-state index contributed by atoms with van der Waals surface area (Å²) in [4.78, 5) is 0. The van der Waals surface area contributed by atoms with Crippen LogP contribution < -0.4 is 10.1 Å². The van der Waals surface area contributed by atoms with E-state index in [1.807, 2.05) is 102 Å². The van der Waals surface area contributed by atoms with E-state index in [-0.39, 0.29) is 0 Å². The van der Waals surface area contributed by atoms with Gasteiger partial charge in [-0.05, 0) is 23.3 Å². The van der Waals surface area contributed by atoms with Gasteiger partial charge >= 0.3 is 5.82 Å². The molecule has 6 heteroatoms. The summed E-state index contributed by atoms with van der Waals surface area (Å²) in [5, 5.41) is 17.3. The predicted molar refractivity (Wildman–Crippen MR) is 96.1 cm³/mol. The Balaban J connectivity index is 2.02. The van der Waals surface area contributed by atoms with Gasteiger partial charge in [0, 0.05) is 24.9 Å². The van der Waals surface area contributed by atoms with Gasteiger partial charge in [0.25, 0.3) is 0 Å². The van der Waals surface area contributed by atoms with E-state index in [1.165, 1.54) is 0 Å². The van der Waals surface area contributed by atoms with Gasteiger partial charge in [0.15, 0.2) is 5.49 Å². The molecule has 0 N–H and O–H groups in total. The van der Waals surface area contributed by atoms with E-state index in [2.05, 4.69) is 20.4 Å². The molecule has 0 radical (unpaired) electrons. The second kappa shape index (κ2) is 7.92. The minimum Gasteiger partial charge on any atom is -0.335 e. The summed E-state index contributed by atoms with van der Waals surface area (Å²) in [7, 11) is 3.84. The summed E-state index contributed by atoms with van der Waals surface area (Å²) < 4.78 is 3.78. The summed E-state index contributed by atoms with van der Waals surface area (Å²) in [6.45, 7) is 0. The Bertz CT molecular complexity index is 970. The average Bonchev–Trinajstić information content (AvgIpc) is 2.65. The highest BCUT2D eigenvalue weighted by Gasteiger charge is 2.08. The van der Waals surface area contributed by atoms with E-state index in [0.717, 1.165) is 16.9 Å². The molecule has 3 rings (SSSR count). The molecule has 0 saturated carbocycles. The molecule has 2 heterocycles. The van der Waals surface area contributed by atoms with E-state index in [0.29, 0.717) is 5.84 Å². The second-order valence-electron chi connectivity index (χ2n) is 5.43. The van der Waals surface area contributed by atoms with Crippen LogP contribution in [0.3, 0.4) is 0 Å². The highest BCUT2D eigenvalue weighted by atomic mass is 15.3. The van der Waals surface area contributed by atoms with Crippen molar-refractivity contribution in [3.63, 3.8) is 0 Å². The molecule has 0 aliphatic rings. The maximum absolute atomic E-state index is 4.32. The lowest BCUT2D eigenvalue weighted by atomic mass is 10.2. The van der Waals surface area contributed by atoms with Gasteiger partial charge in [0.2, 0.25) is 5.84 Å². The first kappa shape index (κ1) is 16.4. The molecule has 1 aromatic carbocycles. The molecule has 0 bridgehead atoms. The van der Waals surface area contributed by atoms with Crippen LogP contribution in [0.5, 0.6) is 0 Å². The summed E-state index contributed by atoms with van der Waals surface area (Å²) in [5.41, 5.74) is 1.59. The molecular weight excluding hydrogens is 312 g/mol. The molecule has 124 valence electrons. The Hall–Kier alpha value is -3.41. The van der Waals surface area contributed by atoms with Crippen molar-refractivity contribution < 1.29 is 4.57 Å². The van der Waals surface area contributed by atoms with Crippen LogP contribution in [0.1, 0.15) is 5.56 Å². The fraction of sp³-hybridized carbons (Fsp3) is 0.105. The predicted octanol–water partition coefficient (Wildman–Crippen LogP) is 2.90. The zero-order valence-corrected chi connectivity index (χ0v) is 14.2. The van der Waals surface area contributed by atoms with Gasteiger partial charge in [-0.15, -0.1) is 10.2 Å². The normalized spacial score (nSPS) is 12.7. The van der Waals surface area contributed by atoms with E-state index < -0.39 is 0 Å². The molecule has 6 nitrogen and oxygen atoms in total. The number of pyridine rings is 2. The quantitative estimate of drug-likeness (QED) is 0.233. The minimum absolute atomic E-state index is 0.452. The zero-order chi connectivity index (χ0) is 17.5. The zero-order valence-electron chi connectivity index (χ0n) is 14.2. The Morgan fingerprint density at radius 3 is 2.44 bits per heavy atom. The lowest BCUT2D eigenvalue weighted by molar-refractivity contribution is -0.658. The number of rotatable bonds is 3. The summed E-state index contributed by atoms with van der Waals surface area (Å²) in [5.74, 6) is 1.18. The SMILES string of the molecule is Cn1ccccc1=NN=C(N=Nc1cccc[n+]1C)c1ccccc1. The topological polar surface area (TPSA) is 58.2 Å². The van der Waals surface area contributed by atoms with Gasteiger partial charge in [0.1, 0.15) is 0 Å². The monoisotopic (exact) mass is 331 g/mol. The number of hydrogen-bond acceptors (Lipinski definition) is 3. The smallest absolute Gasteiger partial charge is 0.335 e. The number of aryl methyl sites for hydroxylation is 2. The molecule has 0 aliphatic heterocycles. The van der Waals surface area contributed by atoms with Crippen LogP contribution in [-0.2, 0) is 14.1 Å². The van der Waals surface area contributed by atoms with Crippen molar-refractivity contribution in [2.75, 3.05) is 0 Å². The minimum atomic E-state index is 0.452. The summed E-state index contributed by atoms with van der Waals surface area (Å²) in [6.07, 6.45) is 3.84. The highest BCUT2D eigenvalue weighted by molar-refractivity contribution is 5.99. The van der Waals surface area contributed by atoms with E-state index in [4.69, 9.17) is 0 Å². The van der Waals surface area contributed by atoms with E-state index in [9.17, 15) is 0 Å². The Morgan fingerprint density at radius 2 is 1.68 bits per heavy atom. The van der Waals surface area contributed by atoms with Gasteiger partial charge in [-0.1, -0.05) is 42.5 Å². The summed E-state index contributed by atoms with van der Waals surface area (Å²) >= 11 is 0. The van der Waals surface area contributed by atoms with E-state index >= 15 is 0 Å². The second-order valence-corrected chi connectivity index (χ2v) is 5.43. The van der Waals surface area contributed by atoms with Crippen LogP contribution >= 0.6 is 0 Å². The van der Waals surface area contributed by atoms with Crippen LogP contribution in [-0.4, -0.2) is 10.4 Å². The van der Waals surface area contributed by atoms with Crippen LogP contribution in [0.15, 0.2) is 99.6 Å². The van der Waals surface area contributed by atoms with Crippen LogP contribution in [0.4, 0.5) is 5.82 Å². The van der Waals surface area contributed by atoms with Crippen molar-refractivity contribution in [2.24, 2.45) is 34.5 Å². The van der Waals surface area contributed by atoms with Gasteiger partial charge in [-0.3, -0.25) is 0 Å². The Kier molecular flexibility index (Phi) is 5.21. The molecule has 0 saturated heterocycles. The molecule has 0 spiro atoms. The number of nitrogens with zero attached hydrogens (tertiary/aromatic N) is 6.